The first-order valence-corrected chi connectivity index (χ1v) is 4.00. The first-order chi connectivity index (χ1) is 6.63. The van der Waals surface area contributed by atoms with Gasteiger partial charge < -0.3 is 14.9 Å². The van der Waals surface area contributed by atoms with Crippen molar-refractivity contribution in [2.45, 2.75) is 0 Å². The normalized spacial score (nSPS) is 8.00. The van der Waals surface area contributed by atoms with Crippen molar-refractivity contribution < 1.29 is 49.3 Å². The van der Waals surface area contributed by atoms with Crippen LogP contribution in [0.3, 0.4) is 0 Å². The molecule has 0 unspecified atom stereocenters. The minimum absolute atomic E-state index is 0. The third kappa shape index (κ3) is 6.02. The van der Waals surface area contributed by atoms with Crippen molar-refractivity contribution in [3.8, 4) is 5.75 Å². The Bertz CT molecular complexity index is 317. The number of carbonyl (C=O) groups is 1. The van der Waals surface area contributed by atoms with Gasteiger partial charge >= 0.3 is 35.5 Å². The van der Waals surface area contributed by atoms with Gasteiger partial charge in [0.15, 0.2) is 0 Å². The predicted octanol–water partition coefficient (Wildman–Crippen LogP) is -1.97. The van der Waals surface area contributed by atoms with E-state index >= 15 is 0 Å². The molecule has 0 saturated heterocycles. The Morgan fingerprint density at radius 1 is 1.40 bits per heavy atom. The number of benzene rings is 1. The van der Waals surface area contributed by atoms with Gasteiger partial charge in [-0.05, 0) is 18.2 Å². The van der Waals surface area contributed by atoms with Crippen molar-refractivity contribution in [3.63, 3.8) is 0 Å². The molecule has 1 aromatic carbocycles. The molecule has 1 aromatic rings. The van der Waals surface area contributed by atoms with Gasteiger partial charge in [0.25, 0.3) is 0 Å². The van der Waals surface area contributed by atoms with E-state index in [-0.39, 0.29) is 35.1 Å². The Morgan fingerprint density at radius 2 is 1.93 bits per heavy atom. The maximum atomic E-state index is 10.5. The maximum absolute atomic E-state index is 10.5. The minimum atomic E-state index is -1.02. The van der Waals surface area contributed by atoms with Gasteiger partial charge in [0, 0.05) is 5.02 Å². The molecule has 0 amide bonds. The first kappa shape index (κ1) is 17.1. The zero-order chi connectivity index (χ0) is 11.1. The van der Waals surface area contributed by atoms with E-state index in [0.29, 0.717) is 10.8 Å². The zero-order valence-electron chi connectivity index (χ0n) is 8.78. The Kier molecular flexibility index (Phi) is 10.3. The molecule has 0 bridgehead atoms. The van der Waals surface area contributed by atoms with Crippen molar-refractivity contribution in [1.29, 1.82) is 0 Å². The number of carboxylic acids is 1. The van der Waals surface area contributed by atoms with E-state index in [2.05, 4.69) is 0 Å². The second kappa shape index (κ2) is 9.00. The summed E-state index contributed by atoms with van der Waals surface area (Å²) in [6, 6.07) is 4.33. The minimum Gasteiger partial charge on any atom is -0.857 e. The van der Waals surface area contributed by atoms with Gasteiger partial charge in [0.2, 0.25) is 0 Å². The average molecular weight is 241 g/mol. The molecule has 0 atom stereocenters. The van der Waals surface area contributed by atoms with Crippen LogP contribution in [0.25, 0.3) is 0 Å². The molecule has 0 heterocycles. The Morgan fingerprint density at radius 3 is 2.33 bits per heavy atom. The van der Waals surface area contributed by atoms with Crippen LogP contribution in [-0.4, -0.2) is 25.3 Å². The molecule has 0 aliphatic carbocycles. The number of hydrogen-bond donors (Lipinski definition) is 1. The molecule has 0 spiro atoms. The van der Waals surface area contributed by atoms with Gasteiger partial charge in [-0.25, -0.2) is 4.79 Å². The number of rotatable bonds is 2. The number of methoxy groups -OCH3 is 1. The van der Waals surface area contributed by atoms with E-state index in [0.717, 1.165) is 7.11 Å². The number of carboxylic acid groups (broad SMARTS) is 1. The van der Waals surface area contributed by atoms with Crippen LogP contribution in [0.5, 0.6) is 5.75 Å². The molecule has 4 nitrogen and oxygen atoms in total. The molecule has 0 aliphatic heterocycles. The van der Waals surface area contributed by atoms with Gasteiger partial charge in [-0.15, -0.1) is 0 Å². The van der Waals surface area contributed by atoms with Crippen molar-refractivity contribution in [3.05, 3.63) is 28.8 Å². The van der Waals surface area contributed by atoms with E-state index in [1.807, 2.05) is 0 Å². The Balaban J connectivity index is 0. The summed E-state index contributed by atoms with van der Waals surface area (Å²) in [4.78, 5) is 10.5. The second-order valence-electron chi connectivity index (χ2n) is 2.18. The summed E-state index contributed by atoms with van der Waals surface area (Å²) in [5.74, 6) is -0.573. The summed E-state index contributed by atoms with van der Waals surface area (Å²) < 4.78 is 4.84. The van der Waals surface area contributed by atoms with Crippen LogP contribution in [0.1, 0.15) is 10.4 Å². The molecule has 1 rings (SSSR count). The van der Waals surface area contributed by atoms with Crippen LogP contribution in [0.15, 0.2) is 18.2 Å². The summed E-state index contributed by atoms with van der Waals surface area (Å²) in [5, 5.41) is 17.2. The van der Waals surface area contributed by atoms with Crippen molar-refractivity contribution >= 4 is 17.6 Å². The smallest absolute Gasteiger partial charge is 0.857 e. The Labute approximate surface area is 115 Å². The molecule has 0 aliphatic rings. The van der Waals surface area contributed by atoms with Crippen LogP contribution in [0.2, 0.25) is 5.02 Å². The fourth-order valence-corrected chi connectivity index (χ4v) is 1.03. The molecule has 0 radical (unpaired) electrons. The molecule has 0 fully saturated rings. The van der Waals surface area contributed by atoms with Gasteiger partial charge in [-0.1, -0.05) is 11.6 Å². The monoisotopic (exact) mass is 240 g/mol. The van der Waals surface area contributed by atoms with Gasteiger partial charge in [-0.3, -0.25) is 0 Å². The Hall–Kier alpha value is -0.260. The van der Waals surface area contributed by atoms with E-state index in [1.165, 1.54) is 19.2 Å². The van der Waals surface area contributed by atoms with E-state index in [9.17, 15) is 4.79 Å². The maximum Gasteiger partial charge on any atom is 1.00 e. The standard InChI is InChI=1S/C8H7ClO3.CH3O.Na/c1-12-7-3-5(8(10)11)2-6(9)4-7;1-2;/h2-4H,1H3,(H,10,11);1H3;/q;-1;+1. The van der Waals surface area contributed by atoms with Crippen LogP contribution in [0, 0.1) is 0 Å². The van der Waals surface area contributed by atoms with Crippen molar-refractivity contribution in [2.24, 2.45) is 0 Å². The fraction of sp³-hybridized carbons (Fsp3) is 0.222. The number of ether oxygens (including phenoxy) is 1. The number of aromatic carboxylic acids is 1. The van der Waals surface area contributed by atoms with E-state index in [4.69, 9.17) is 26.6 Å². The SMILES string of the molecule is COc1cc(Cl)cc(C(=O)O)c1.C[O-].[Na+]. The molecular formula is C9H10ClNaO4. The number of hydrogen-bond acceptors (Lipinski definition) is 3. The molecule has 78 valence electrons. The predicted molar refractivity (Wildman–Crippen MR) is 50.9 cm³/mol. The summed E-state index contributed by atoms with van der Waals surface area (Å²) in [6.45, 7) is 0. The summed E-state index contributed by atoms with van der Waals surface area (Å²) in [6.07, 6.45) is 0. The van der Waals surface area contributed by atoms with Crippen LogP contribution in [-0.2, 0) is 0 Å². The van der Waals surface area contributed by atoms with Crippen LogP contribution < -0.4 is 39.4 Å². The third-order valence-electron chi connectivity index (χ3n) is 1.35. The molecule has 0 aromatic heterocycles. The van der Waals surface area contributed by atoms with E-state index < -0.39 is 5.97 Å². The van der Waals surface area contributed by atoms with Gasteiger partial charge in [0.05, 0.1) is 12.7 Å². The van der Waals surface area contributed by atoms with Gasteiger partial charge in [0.1, 0.15) is 5.75 Å². The summed E-state index contributed by atoms with van der Waals surface area (Å²) in [7, 11) is 2.21. The second-order valence-corrected chi connectivity index (χ2v) is 2.62. The average Bonchev–Trinajstić information content (AvgIpc) is 2.20. The van der Waals surface area contributed by atoms with Gasteiger partial charge in [-0.2, -0.15) is 7.11 Å². The van der Waals surface area contributed by atoms with Crippen molar-refractivity contribution in [1.82, 2.24) is 0 Å². The first-order valence-electron chi connectivity index (χ1n) is 3.62. The van der Waals surface area contributed by atoms with Crippen LogP contribution in [0.4, 0.5) is 0 Å². The molecule has 6 heteroatoms. The van der Waals surface area contributed by atoms with E-state index in [1.54, 1.807) is 6.07 Å². The largest absolute Gasteiger partial charge is 1.00 e. The van der Waals surface area contributed by atoms with Crippen LogP contribution >= 0.6 is 11.6 Å². The summed E-state index contributed by atoms with van der Waals surface area (Å²) >= 11 is 5.63. The molecular weight excluding hydrogens is 231 g/mol. The third-order valence-corrected chi connectivity index (χ3v) is 1.57. The topological polar surface area (TPSA) is 69.6 Å². The fourth-order valence-electron chi connectivity index (χ4n) is 0.804. The molecule has 15 heavy (non-hydrogen) atoms. The molecule has 0 saturated carbocycles. The van der Waals surface area contributed by atoms with Crippen molar-refractivity contribution in [2.75, 3.05) is 14.2 Å². The number of halogens is 1. The quantitative estimate of drug-likeness (QED) is 0.609. The molecule has 1 N–H and O–H groups in total. The summed E-state index contributed by atoms with van der Waals surface area (Å²) in [5.41, 5.74) is 0.124. The zero-order valence-corrected chi connectivity index (χ0v) is 11.5.